The van der Waals surface area contributed by atoms with Crippen molar-refractivity contribution in [3.63, 3.8) is 0 Å². The van der Waals surface area contributed by atoms with Crippen LogP contribution in [0.1, 0.15) is 37.3 Å². The van der Waals surface area contributed by atoms with E-state index in [1.807, 2.05) is 19.9 Å². The summed E-state index contributed by atoms with van der Waals surface area (Å²) in [6.45, 7) is 5.44. The van der Waals surface area contributed by atoms with Crippen LogP contribution in [0.5, 0.6) is 0 Å². The minimum atomic E-state index is -3.47. The van der Waals surface area contributed by atoms with Gasteiger partial charge in [-0.2, -0.15) is 4.31 Å². The van der Waals surface area contributed by atoms with Crippen LogP contribution >= 0.6 is 15.9 Å². The standard InChI is InChI=1S/C15H23BrN2O2S/c1-3-6-18(10-12-4-5-12)21(19,20)14-8-13(9-17)7-11(2)15(14)16/h7-8,12H,3-6,9-10,17H2,1-2H3. The van der Waals surface area contributed by atoms with Crippen LogP contribution in [0.4, 0.5) is 0 Å². The summed E-state index contributed by atoms with van der Waals surface area (Å²) in [5.74, 6) is 0.531. The first-order valence-corrected chi connectivity index (χ1v) is 9.62. The van der Waals surface area contributed by atoms with E-state index in [9.17, 15) is 8.42 Å². The zero-order chi connectivity index (χ0) is 15.6. The Morgan fingerprint density at radius 3 is 2.57 bits per heavy atom. The number of aryl methyl sites for hydroxylation is 1. The molecule has 0 bridgehead atoms. The molecule has 0 spiro atoms. The number of rotatable bonds is 7. The van der Waals surface area contributed by atoms with Gasteiger partial charge in [-0.15, -0.1) is 0 Å². The van der Waals surface area contributed by atoms with E-state index in [1.165, 1.54) is 0 Å². The Morgan fingerprint density at radius 1 is 1.38 bits per heavy atom. The molecule has 0 amide bonds. The van der Waals surface area contributed by atoms with Crippen molar-refractivity contribution in [3.8, 4) is 0 Å². The van der Waals surface area contributed by atoms with E-state index in [0.29, 0.717) is 34.9 Å². The number of sulfonamides is 1. The third kappa shape index (κ3) is 3.86. The maximum absolute atomic E-state index is 13.0. The molecule has 0 aliphatic heterocycles. The highest BCUT2D eigenvalue weighted by Crippen LogP contribution is 2.34. The average Bonchev–Trinajstić information content (AvgIpc) is 3.25. The lowest BCUT2D eigenvalue weighted by atomic mass is 10.1. The normalized spacial score (nSPS) is 15.7. The van der Waals surface area contributed by atoms with Crippen LogP contribution in [0.25, 0.3) is 0 Å². The number of hydrogen-bond acceptors (Lipinski definition) is 3. The second-order valence-corrected chi connectivity index (χ2v) is 8.43. The Morgan fingerprint density at radius 2 is 2.05 bits per heavy atom. The summed E-state index contributed by atoms with van der Waals surface area (Å²) < 4.78 is 28.2. The highest BCUT2D eigenvalue weighted by molar-refractivity contribution is 9.10. The van der Waals surface area contributed by atoms with E-state index >= 15 is 0 Å². The molecule has 1 saturated carbocycles. The maximum atomic E-state index is 13.0. The summed E-state index contributed by atoms with van der Waals surface area (Å²) in [6, 6.07) is 3.62. The van der Waals surface area contributed by atoms with Crippen LogP contribution < -0.4 is 5.73 Å². The van der Waals surface area contributed by atoms with Crippen molar-refractivity contribution in [1.82, 2.24) is 4.31 Å². The lowest BCUT2D eigenvalue weighted by Crippen LogP contribution is -2.34. The minimum absolute atomic E-state index is 0.340. The molecule has 2 N–H and O–H groups in total. The fraction of sp³-hybridized carbons (Fsp3) is 0.600. The molecule has 1 aliphatic rings. The number of nitrogens with zero attached hydrogens (tertiary/aromatic N) is 1. The Hall–Kier alpha value is -0.430. The first kappa shape index (κ1) is 16.9. The van der Waals surface area contributed by atoms with Gasteiger partial charge in [-0.25, -0.2) is 8.42 Å². The highest BCUT2D eigenvalue weighted by Gasteiger charge is 2.32. The number of benzene rings is 1. The molecule has 1 aromatic rings. The largest absolute Gasteiger partial charge is 0.326 e. The average molecular weight is 375 g/mol. The maximum Gasteiger partial charge on any atom is 0.244 e. The van der Waals surface area contributed by atoms with Gasteiger partial charge in [0.15, 0.2) is 0 Å². The molecule has 118 valence electrons. The molecule has 0 unspecified atom stereocenters. The second-order valence-electron chi connectivity index (χ2n) is 5.74. The molecule has 0 saturated heterocycles. The summed E-state index contributed by atoms with van der Waals surface area (Å²) in [5, 5.41) is 0. The summed E-state index contributed by atoms with van der Waals surface area (Å²) in [6.07, 6.45) is 3.09. The highest BCUT2D eigenvalue weighted by atomic mass is 79.9. The fourth-order valence-corrected chi connectivity index (χ4v) is 5.04. The van der Waals surface area contributed by atoms with Gasteiger partial charge < -0.3 is 5.73 Å². The molecule has 1 aromatic carbocycles. The Kier molecular flexibility index (Phi) is 5.46. The van der Waals surface area contributed by atoms with Gasteiger partial charge in [0.1, 0.15) is 0 Å². The van der Waals surface area contributed by atoms with E-state index in [4.69, 9.17) is 5.73 Å². The zero-order valence-corrected chi connectivity index (χ0v) is 15.0. The van der Waals surface area contributed by atoms with E-state index in [-0.39, 0.29) is 0 Å². The minimum Gasteiger partial charge on any atom is -0.326 e. The monoisotopic (exact) mass is 374 g/mol. The van der Waals surface area contributed by atoms with Crippen molar-refractivity contribution in [2.45, 2.75) is 44.6 Å². The van der Waals surface area contributed by atoms with Crippen molar-refractivity contribution >= 4 is 26.0 Å². The van der Waals surface area contributed by atoms with Gasteiger partial charge in [0.25, 0.3) is 0 Å². The van der Waals surface area contributed by atoms with Gasteiger partial charge in [0.2, 0.25) is 10.0 Å². The quantitative estimate of drug-likeness (QED) is 0.797. The summed E-state index contributed by atoms with van der Waals surface area (Å²) in [4.78, 5) is 0.344. The van der Waals surface area contributed by atoms with Gasteiger partial charge in [0, 0.05) is 24.1 Å². The predicted molar refractivity (Wildman–Crippen MR) is 88.5 cm³/mol. The molecule has 0 atom stereocenters. The smallest absolute Gasteiger partial charge is 0.244 e. The lowest BCUT2D eigenvalue weighted by molar-refractivity contribution is 0.395. The van der Waals surface area contributed by atoms with Crippen LogP contribution in [-0.4, -0.2) is 25.8 Å². The van der Waals surface area contributed by atoms with Crippen molar-refractivity contribution in [2.75, 3.05) is 13.1 Å². The first-order valence-electron chi connectivity index (χ1n) is 7.39. The number of hydrogen-bond donors (Lipinski definition) is 1. The van der Waals surface area contributed by atoms with Crippen LogP contribution in [-0.2, 0) is 16.6 Å². The van der Waals surface area contributed by atoms with Gasteiger partial charge >= 0.3 is 0 Å². The van der Waals surface area contributed by atoms with Crippen LogP contribution in [0.2, 0.25) is 0 Å². The molecule has 1 fully saturated rings. The van der Waals surface area contributed by atoms with Crippen molar-refractivity contribution < 1.29 is 8.42 Å². The predicted octanol–water partition coefficient (Wildman–Crippen LogP) is 3.03. The van der Waals surface area contributed by atoms with Gasteiger partial charge in [-0.05, 0) is 65.2 Å². The summed E-state index contributed by atoms with van der Waals surface area (Å²) >= 11 is 3.43. The summed E-state index contributed by atoms with van der Waals surface area (Å²) in [5.41, 5.74) is 7.43. The van der Waals surface area contributed by atoms with Crippen molar-refractivity contribution in [3.05, 3.63) is 27.7 Å². The molecule has 0 heterocycles. The lowest BCUT2D eigenvalue weighted by Gasteiger charge is -2.23. The third-order valence-electron chi connectivity index (χ3n) is 3.77. The number of halogens is 1. The van der Waals surface area contributed by atoms with Gasteiger partial charge in [-0.3, -0.25) is 0 Å². The van der Waals surface area contributed by atoms with E-state index in [0.717, 1.165) is 30.4 Å². The van der Waals surface area contributed by atoms with Gasteiger partial charge in [0.05, 0.1) is 4.90 Å². The molecule has 6 heteroatoms. The molecule has 1 aliphatic carbocycles. The Balaban J connectivity index is 2.42. The molecule has 4 nitrogen and oxygen atoms in total. The SMILES string of the molecule is CCCN(CC1CC1)S(=O)(=O)c1cc(CN)cc(C)c1Br. The fourth-order valence-electron chi connectivity index (χ4n) is 2.40. The summed E-state index contributed by atoms with van der Waals surface area (Å²) in [7, 11) is -3.47. The Labute approximate surface area is 135 Å². The molecule has 2 rings (SSSR count). The van der Waals surface area contributed by atoms with Crippen molar-refractivity contribution in [2.24, 2.45) is 11.7 Å². The molecule has 21 heavy (non-hydrogen) atoms. The Bertz CT molecular complexity index is 612. The van der Waals surface area contributed by atoms with Crippen LogP contribution in [0, 0.1) is 12.8 Å². The van der Waals surface area contributed by atoms with Crippen LogP contribution in [0.15, 0.2) is 21.5 Å². The topological polar surface area (TPSA) is 63.4 Å². The second kappa shape index (κ2) is 6.77. The molecular weight excluding hydrogens is 352 g/mol. The molecule has 0 aromatic heterocycles. The molecule has 0 radical (unpaired) electrons. The van der Waals surface area contributed by atoms with Crippen molar-refractivity contribution in [1.29, 1.82) is 0 Å². The van der Waals surface area contributed by atoms with Crippen LogP contribution in [0.3, 0.4) is 0 Å². The van der Waals surface area contributed by atoms with Gasteiger partial charge in [-0.1, -0.05) is 13.0 Å². The zero-order valence-electron chi connectivity index (χ0n) is 12.6. The number of nitrogens with two attached hydrogens (primary N) is 1. The van der Waals surface area contributed by atoms with E-state index in [1.54, 1.807) is 10.4 Å². The van der Waals surface area contributed by atoms with E-state index in [2.05, 4.69) is 15.9 Å². The first-order chi connectivity index (χ1) is 9.90. The third-order valence-corrected chi connectivity index (χ3v) is 6.97. The van der Waals surface area contributed by atoms with E-state index < -0.39 is 10.0 Å². The molecular formula is C15H23BrN2O2S.